The quantitative estimate of drug-likeness (QED) is 0.718. The maximum absolute atomic E-state index is 11.6. The molecule has 0 radical (unpaired) electrons. The third kappa shape index (κ3) is 2.80. The smallest absolute Gasteiger partial charge is 0.407 e. The average Bonchev–Trinajstić information content (AvgIpc) is 3.11. The predicted octanol–water partition coefficient (Wildman–Crippen LogP) is 0.656. The molecule has 0 spiro atoms. The standard InChI is InChI=1S/C13H17NO4/c15-7-11-6-13(11,9-16)14-12(17)18-8-10-4-2-1-3-5-10/h1-5,11,15-16H,6-9H2,(H,14,17)/t11-,13+/m0/s1. The third-order valence-electron chi connectivity index (χ3n) is 3.30. The van der Waals surface area contributed by atoms with E-state index in [0.29, 0.717) is 6.42 Å². The Kier molecular flexibility index (Phi) is 3.84. The summed E-state index contributed by atoms with van der Waals surface area (Å²) in [6.45, 7) is -0.0316. The molecule has 1 aromatic carbocycles. The minimum absolute atomic E-state index is 0.0421. The highest BCUT2D eigenvalue weighted by Crippen LogP contribution is 2.42. The predicted molar refractivity (Wildman–Crippen MR) is 64.8 cm³/mol. The van der Waals surface area contributed by atoms with Crippen molar-refractivity contribution >= 4 is 6.09 Å². The highest BCUT2D eigenvalue weighted by atomic mass is 16.5. The molecule has 3 N–H and O–H groups in total. The lowest BCUT2D eigenvalue weighted by Gasteiger charge is -2.16. The molecular weight excluding hydrogens is 234 g/mol. The second kappa shape index (κ2) is 5.37. The molecule has 1 saturated carbocycles. The number of rotatable bonds is 5. The fourth-order valence-corrected chi connectivity index (χ4v) is 1.97. The van der Waals surface area contributed by atoms with Crippen LogP contribution in [0.25, 0.3) is 0 Å². The summed E-state index contributed by atoms with van der Waals surface area (Å²) in [6.07, 6.45) is 0.0179. The molecule has 2 atom stereocenters. The van der Waals surface area contributed by atoms with Crippen molar-refractivity contribution in [2.24, 2.45) is 5.92 Å². The van der Waals surface area contributed by atoms with Gasteiger partial charge in [-0.1, -0.05) is 30.3 Å². The van der Waals surface area contributed by atoms with Crippen molar-refractivity contribution in [3.63, 3.8) is 0 Å². The average molecular weight is 251 g/mol. The number of hydrogen-bond donors (Lipinski definition) is 3. The molecule has 18 heavy (non-hydrogen) atoms. The van der Waals surface area contributed by atoms with Crippen LogP contribution in [0.2, 0.25) is 0 Å². The molecule has 1 aliphatic rings. The lowest BCUT2D eigenvalue weighted by Crippen LogP contribution is -2.42. The first-order chi connectivity index (χ1) is 8.70. The molecule has 1 aromatic rings. The number of benzene rings is 1. The molecule has 98 valence electrons. The Morgan fingerprint density at radius 3 is 2.67 bits per heavy atom. The van der Waals surface area contributed by atoms with E-state index in [1.54, 1.807) is 0 Å². The molecule has 0 saturated heterocycles. The van der Waals surface area contributed by atoms with E-state index in [9.17, 15) is 9.90 Å². The van der Waals surface area contributed by atoms with Crippen molar-refractivity contribution in [1.29, 1.82) is 0 Å². The van der Waals surface area contributed by atoms with E-state index in [0.717, 1.165) is 5.56 Å². The molecule has 1 aliphatic carbocycles. The molecule has 0 aliphatic heterocycles. The van der Waals surface area contributed by atoms with E-state index in [-0.39, 0.29) is 25.7 Å². The van der Waals surface area contributed by atoms with Crippen LogP contribution in [0.1, 0.15) is 12.0 Å². The van der Waals surface area contributed by atoms with Crippen LogP contribution in [-0.4, -0.2) is 35.1 Å². The first-order valence-corrected chi connectivity index (χ1v) is 5.91. The number of alkyl carbamates (subject to hydrolysis) is 1. The number of carbonyl (C=O) groups excluding carboxylic acids is 1. The number of aliphatic hydroxyl groups is 2. The lowest BCUT2D eigenvalue weighted by molar-refractivity contribution is 0.121. The fourth-order valence-electron chi connectivity index (χ4n) is 1.97. The first kappa shape index (κ1) is 12.9. The summed E-state index contributed by atoms with van der Waals surface area (Å²) in [6, 6.07) is 9.36. The van der Waals surface area contributed by atoms with Crippen LogP contribution in [0.5, 0.6) is 0 Å². The van der Waals surface area contributed by atoms with Crippen molar-refractivity contribution in [3.05, 3.63) is 35.9 Å². The number of ether oxygens (including phenoxy) is 1. The van der Waals surface area contributed by atoms with Crippen molar-refractivity contribution in [2.45, 2.75) is 18.6 Å². The summed E-state index contributed by atoms with van der Waals surface area (Å²) >= 11 is 0. The summed E-state index contributed by atoms with van der Waals surface area (Å²) in [5.41, 5.74) is 0.211. The summed E-state index contributed by atoms with van der Waals surface area (Å²) in [5.74, 6) is -0.0771. The molecule has 1 fully saturated rings. The maximum atomic E-state index is 11.6. The van der Waals surface area contributed by atoms with E-state index in [1.165, 1.54) is 0 Å². The van der Waals surface area contributed by atoms with Gasteiger partial charge in [0.05, 0.1) is 12.1 Å². The van der Waals surface area contributed by atoms with Gasteiger partial charge in [-0.25, -0.2) is 4.79 Å². The summed E-state index contributed by atoms with van der Waals surface area (Å²) in [4.78, 5) is 11.6. The van der Waals surface area contributed by atoms with Gasteiger partial charge in [0.25, 0.3) is 0 Å². The molecule has 2 rings (SSSR count). The molecule has 0 aromatic heterocycles. The minimum atomic E-state index is -0.692. The molecule has 0 bridgehead atoms. The molecule has 1 amide bonds. The Balaban J connectivity index is 1.79. The third-order valence-corrected chi connectivity index (χ3v) is 3.30. The van der Waals surface area contributed by atoms with Crippen LogP contribution in [0.15, 0.2) is 30.3 Å². The SMILES string of the molecule is O=C(N[C@@]1(CO)C[C@H]1CO)OCc1ccccc1. The van der Waals surface area contributed by atoms with Crippen LogP contribution in [0, 0.1) is 5.92 Å². The van der Waals surface area contributed by atoms with Crippen molar-refractivity contribution < 1.29 is 19.7 Å². The molecule has 5 heteroatoms. The van der Waals surface area contributed by atoms with Crippen LogP contribution >= 0.6 is 0 Å². The van der Waals surface area contributed by atoms with E-state index in [1.807, 2.05) is 30.3 Å². The zero-order chi connectivity index (χ0) is 13.0. The van der Waals surface area contributed by atoms with Crippen LogP contribution < -0.4 is 5.32 Å². The van der Waals surface area contributed by atoms with E-state index in [4.69, 9.17) is 9.84 Å². The van der Waals surface area contributed by atoms with Crippen LogP contribution in [-0.2, 0) is 11.3 Å². The molecule has 0 heterocycles. The largest absolute Gasteiger partial charge is 0.445 e. The highest BCUT2D eigenvalue weighted by molar-refractivity contribution is 5.69. The van der Waals surface area contributed by atoms with Crippen molar-refractivity contribution in [3.8, 4) is 0 Å². The lowest BCUT2D eigenvalue weighted by atomic mass is 10.2. The van der Waals surface area contributed by atoms with Gasteiger partial charge in [0.15, 0.2) is 0 Å². The topological polar surface area (TPSA) is 78.8 Å². The van der Waals surface area contributed by atoms with Crippen molar-refractivity contribution in [2.75, 3.05) is 13.2 Å². The maximum Gasteiger partial charge on any atom is 0.407 e. The molecule has 5 nitrogen and oxygen atoms in total. The fraction of sp³-hybridized carbons (Fsp3) is 0.462. The second-order valence-corrected chi connectivity index (χ2v) is 4.58. The number of carbonyl (C=O) groups is 1. The van der Waals surface area contributed by atoms with Gasteiger partial charge in [0, 0.05) is 12.5 Å². The van der Waals surface area contributed by atoms with E-state index >= 15 is 0 Å². The van der Waals surface area contributed by atoms with Gasteiger partial charge < -0.3 is 20.3 Å². The Hall–Kier alpha value is -1.59. The van der Waals surface area contributed by atoms with Gasteiger partial charge in [-0.15, -0.1) is 0 Å². The van der Waals surface area contributed by atoms with Gasteiger partial charge in [0.1, 0.15) is 6.61 Å². The van der Waals surface area contributed by atoms with Gasteiger partial charge in [-0.2, -0.15) is 0 Å². The Labute approximate surface area is 105 Å². The van der Waals surface area contributed by atoms with Gasteiger partial charge in [-0.3, -0.25) is 0 Å². The monoisotopic (exact) mass is 251 g/mol. The number of aliphatic hydroxyl groups excluding tert-OH is 2. The van der Waals surface area contributed by atoms with Crippen LogP contribution in [0.4, 0.5) is 4.79 Å². The Morgan fingerprint density at radius 2 is 2.11 bits per heavy atom. The summed E-state index contributed by atoms with van der Waals surface area (Å²) in [5, 5.41) is 20.8. The summed E-state index contributed by atoms with van der Waals surface area (Å²) < 4.78 is 5.06. The Morgan fingerprint density at radius 1 is 1.39 bits per heavy atom. The van der Waals surface area contributed by atoms with Gasteiger partial charge in [-0.05, 0) is 12.0 Å². The van der Waals surface area contributed by atoms with Gasteiger partial charge >= 0.3 is 6.09 Å². The van der Waals surface area contributed by atoms with E-state index in [2.05, 4.69) is 5.32 Å². The molecule has 0 unspecified atom stereocenters. The molecular formula is C13H17NO4. The summed E-state index contributed by atoms with van der Waals surface area (Å²) in [7, 11) is 0. The van der Waals surface area contributed by atoms with E-state index < -0.39 is 11.6 Å². The number of amides is 1. The minimum Gasteiger partial charge on any atom is -0.445 e. The van der Waals surface area contributed by atoms with Crippen LogP contribution in [0.3, 0.4) is 0 Å². The zero-order valence-corrected chi connectivity index (χ0v) is 10.0. The normalized spacial score (nSPS) is 25.6. The van der Waals surface area contributed by atoms with Crippen molar-refractivity contribution in [1.82, 2.24) is 5.32 Å². The number of hydrogen-bond acceptors (Lipinski definition) is 4. The van der Waals surface area contributed by atoms with Gasteiger partial charge in [0.2, 0.25) is 0 Å². The zero-order valence-electron chi connectivity index (χ0n) is 10.0. The number of nitrogens with one attached hydrogen (secondary N) is 1. The first-order valence-electron chi connectivity index (χ1n) is 5.91. The Bertz CT molecular complexity index is 409. The highest BCUT2D eigenvalue weighted by Gasteiger charge is 2.54. The second-order valence-electron chi connectivity index (χ2n) is 4.58.